The molecule has 0 fully saturated rings. The van der Waals surface area contributed by atoms with Crippen LogP contribution in [0.2, 0.25) is 0 Å². The third-order valence-corrected chi connectivity index (χ3v) is 4.70. The second-order valence-corrected chi connectivity index (χ2v) is 6.63. The van der Waals surface area contributed by atoms with Gasteiger partial charge in [-0.1, -0.05) is 35.5 Å². The lowest BCUT2D eigenvalue weighted by Gasteiger charge is -2.01. The van der Waals surface area contributed by atoms with Crippen LogP contribution in [0.1, 0.15) is 11.7 Å². The normalized spacial score (nSPS) is 11.3. The van der Waals surface area contributed by atoms with E-state index in [9.17, 15) is 9.59 Å². The third kappa shape index (κ3) is 3.20. The lowest BCUT2D eigenvalue weighted by atomic mass is 10.1. The molecular formula is C21H15N5O3. The number of nitrogens with one attached hydrogen (secondary N) is 2. The Bertz CT molecular complexity index is 1460. The van der Waals surface area contributed by atoms with Crippen molar-refractivity contribution in [3.05, 3.63) is 87.0 Å². The fourth-order valence-electron chi connectivity index (χ4n) is 3.33. The minimum absolute atomic E-state index is 0.174. The molecule has 0 radical (unpaired) electrons. The van der Waals surface area contributed by atoms with Gasteiger partial charge in [-0.15, -0.1) is 0 Å². The molecule has 0 aliphatic heterocycles. The Hall–Kier alpha value is -4.07. The minimum Gasteiger partial charge on any atom is -0.339 e. The Balaban J connectivity index is 1.43. The lowest BCUT2D eigenvalue weighted by Crippen LogP contribution is -2.12. The number of rotatable bonds is 4. The molecular weight excluding hydrogens is 370 g/mol. The van der Waals surface area contributed by atoms with Crippen LogP contribution in [-0.2, 0) is 12.8 Å². The van der Waals surface area contributed by atoms with Crippen molar-refractivity contribution in [2.75, 3.05) is 0 Å². The SMILES string of the molecule is O=c1cc(-c2noc(CCc3nc4ccccc4c(=O)[nH]3)n2)c2ccccc2[nH]1. The summed E-state index contributed by atoms with van der Waals surface area (Å²) in [4.78, 5) is 38.6. The molecule has 0 saturated heterocycles. The molecule has 142 valence electrons. The summed E-state index contributed by atoms with van der Waals surface area (Å²) in [6.45, 7) is 0. The fraction of sp³-hybridized carbons (Fsp3) is 0.0952. The zero-order valence-electron chi connectivity index (χ0n) is 15.2. The van der Waals surface area contributed by atoms with Crippen LogP contribution in [0.3, 0.4) is 0 Å². The molecule has 0 aliphatic carbocycles. The van der Waals surface area contributed by atoms with Gasteiger partial charge in [0.2, 0.25) is 17.3 Å². The van der Waals surface area contributed by atoms with Gasteiger partial charge in [-0.05, 0) is 18.2 Å². The van der Waals surface area contributed by atoms with Gasteiger partial charge >= 0.3 is 0 Å². The molecule has 0 bridgehead atoms. The van der Waals surface area contributed by atoms with E-state index in [1.165, 1.54) is 6.07 Å². The number of aromatic nitrogens is 5. The maximum atomic E-state index is 12.2. The first-order valence-electron chi connectivity index (χ1n) is 9.10. The van der Waals surface area contributed by atoms with E-state index >= 15 is 0 Å². The largest absolute Gasteiger partial charge is 0.339 e. The standard InChI is InChI=1S/C21H15N5O3/c27-18-11-14(12-5-1-3-7-15(12)23-18)20-25-19(29-26-20)10-9-17-22-16-8-4-2-6-13(16)21(28)24-17/h1-8,11H,9-10H2,(H,23,27)(H,22,24,28). The highest BCUT2D eigenvalue weighted by atomic mass is 16.5. The molecule has 0 atom stereocenters. The summed E-state index contributed by atoms with van der Waals surface area (Å²) in [5.41, 5.74) is 1.55. The second-order valence-electron chi connectivity index (χ2n) is 6.63. The van der Waals surface area contributed by atoms with Gasteiger partial charge in [-0.25, -0.2) is 4.98 Å². The summed E-state index contributed by atoms with van der Waals surface area (Å²) < 4.78 is 5.35. The molecule has 2 N–H and O–H groups in total. The van der Waals surface area contributed by atoms with E-state index in [1.54, 1.807) is 18.2 Å². The molecule has 0 saturated carbocycles. The maximum Gasteiger partial charge on any atom is 0.258 e. The molecule has 5 rings (SSSR count). The Morgan fingerprint density at radius 1 is 0.862 bits per heavy atom. The molecule has 2 aromatic carbocycles. The molecule has 5 aromatic rings. The molecule has 0 spiro atoms. The number of hydrogen-bond acceptors (Lipinski definition) is 6. The van der Waals surface area contributed by atoms with Crippen molar-refractivity contribution in [1.29, 1.82) is 0 Å². The molecule has 3 aromatic heterocycles. The van der Waals surface area contributed by atoms with Crippen LogP contribution in [0.5, 0.6) is 0 Å². The van der Waals surface area contributed by atoms with Gasteiger partial charge in [0.15, 0.2) is 0 Å². The van der Waals surface area contributed by atoms with Gasteiger partial charge in [-0.3, -0.25) is 9.59 Å². The highest BCUT2D eigenvalue weighted by molar-refractivity contribution is 5.92. The number of para-hydroxylation sites is 2. The third-order valence-electron chi connectivity index (χ3n) is 4.70. The van der Waals surface area contributed by atoms with E-state index < -0.39 is 0 Å². The van der Waals surface area contributed by atoms with Gasteiger partial charge in [0.25, 0.3) is 5.56 Å². The first kappa shape index (κ1) is 17.1. The predicted octanol–water partition coefficient (Wildman–Crippen LogP) is 2.60. The minimum atomic E-state index is -0.233. The van der Waals surface area contributed by atoms with Crippen molar-refractivity contribution in [2.45, 2.75) is 12.8 Å². The van der Waals surface area contributed by atoms with Gasteiger partial charge < -0.3 is 14.5 Å². The summed E-state index contributed by atoms with van der Waals surface area (Å²) in [6, 6.07) is 16.1. The van der Waals surface area contributed by atoms with E-state index in [0.717, 1.165) is 5.39 Å². The average molecular weight is 385 g/mol. The van der Waals surface area contributed by atoms with Gasteiger partial charge in [0.1, 0.15) is 5.82 Å². The number of benzene rings is 2. The smallest absolute Gasteiger partial charge is 0.258 e. The quantitative estimate of drug-likeness (QED) is 0.491. The topological polar surface area (TPSA) is 118 Å². The summed E-state index contributed by atoms with van der Waals surface area (Å²) in [5, 5.41) is 5.41. The Labute approximate surface area is 163 Å². The number of pyridine rings is 1. The Kier molecular flexibility index (Phi) is 4.02. The lowest BCUT2D eigenvalue weighted by molar-refractivity contribution is 0.378. The number of aryl methyl sites for hydroxylation is 2. The van der Waals surface area contributed by atoms with E-state index in [1.807, 2.05) is 30.3 Å². The highest BCUT2D eigenvalue weighted by Crippen LogP contribution is 2.23. The van der Waals surface area contributed by atoms with E-state index in [-0.39, 0.29) is 11.1 Å². The molecule has 0 amide bonds. The van der Waals surface area contributed by atoms with Gasteiger partial charge in [0.05, 0.1) is 10.9 Å². The molecule has 0 aliphatic rings. The summed E-state index contributed by atoms with van der Waals surface area (Å²) in [7, 11) is 0. The van der Waals surface area contributed by atoms with E-state index in [2.05, 4.69) is 25.1 Å². The van der Waals surface area contributed by atoms with Crippen LogP contribution < -0.4 is 11.1 Å². The van der Waals surface area contributed by atoms with E-state index in [4.69, 9.17) is 4.52 Å². The number of nitrogens with zero attached hydrogens (tertiary/aromatic N) is 3. The number of H-pyrrole nitrogens is 2. The van der Waals surface area contributed by atoms with Crippen LogP contribution in [0.4, 0.5) is 0 Å². The van der Waals surface area contributed by atoms with Crippen molar-refractivity contribution in [1.82, 2.24) is 25.1 Å². The summed E-state index contributed by atoms with van der Waals surface area (Å²) in [5.74, 6) is 1.30. The first-order valence-corrected chi connectivity index (χ1v) is 9.10. The van der Waals surface area contributed by atoms with E-state index in [0.29, 0.717) is 52.4 Å². The van der Waals surface area contributed by atoms with Gasteiger partial charge in [0, 0.05) is 35.4 Å². The second kappa shape index (κ2) is 6.83. The number of hydrogen-bond donors (Lipinski definition) is 2. The fourth-order valence-corrected chi connectivity index (χ4v) is 3.33. The van der Waals surface area contributed by atoms with Crippen molar-refractivity contribution in [3.8, 4) is 11.4 Å². The van der Waals surface area contributed by atoms with Crippen LogP contribution >= 0.6 is 0 Å². The molecule has 0 unspecified atom stereocenters. The van der Waals surface area contributed by atoms with Crippen LogP contribution in [0.15, 0.2) is 68.7 Å². The molecule has 29 heavy (non-hydrogen) atoms. The Morgan fingerprint density at radius 3 is 2.55 bits per heavy atom. The van der Waals surface area contributed by atoms with Crippen molar-refractivity contribution in [3.63, 3.8) is 0 Å². The monoisotopic (exact) mass is 385 g/mol. The van der Waals surface area contributed by atoms with Crippen molar-refractivity contribution >= 4 is 21.8 Å². The zero-order valence-corrected chi connectivity index (χ0v) is 15.2. The maximum absolute atomic E-state index is 12.2. The number of fused-ring (bicyclic) bond motifs is 2. The van der Waals surface area contributed by atoms with Crippen molar-refractivity contribution < 1.29 is 4.52 Å². The van der Waals surface area contributed by atoms with Crippen LogP contribution in [-0.4, -0.2) is 25.1 Å². The van der Waals surface area contributed by atoms with Crippen molar-refractivity contribution in [2.24, 2.45) is 0 Å². The molecule has 8 heteroatoms. The Morgan fingerprint density at radius 2 is 1.66 bits per heavy atom. The van der Waals surface area contributed by atoms with Crippen LogP contribution in [0.25, 0.3) is 33.2 Å². The predicted molar refractivity (Wildman–Crippen MR) is 108 cm³/mol. The highest BCUT2D eigenvalue weighted by Gasteiger charge is 2.13. The number of aromatic amines is 2. The molecule has 3 heterocycles. The summed E-state index contributed by atoms with van der Waals surface area (Å²) >= 11 is 0. The van der Waals surface area contributed by atoms with Crippen LogP contribution in [0, 0.1) is 0 Å². The zero-order chi connectivity index (χ0) is 19.8. The van der Waals surface area contributed by atoms with Gasteiger partial charge in [-0.2, -0.15) is 4.98 Å². The first-order chi connectivity index (χ1) is 14.2. The average Bonchev–Trinajstić information content (AvgIpc) is 3.20. The molecule has 8 nitrogen and oxygen atoms in total. The summed E-state index contributed by atoms with van der Waals surface area (Å²) in [6.07, 6.45) is 0.854.